The van der Waals surface area contributed by atoms with Crippen LogP contribution in [0.3, 0.4) is 0 Å². The molecule has 0 saturated carbocycles. The number of imidazole rings is 1. The summed E-state index contributed by atoms with van der Waals surface area (Å²) < 4.78 is 2.05. The molecular formula is C11H14N4. The second kappa shape index (κ2) is 4.23. The number of nitrogens with two attached hydrogens (primary N) is 1. The lowest BCUT2D eigenvalue weighted by atomic mass is 10.1. The number of hydrogen-bond donors (Lipinski definition) is 1. The first-order valence-corrected chi connectivity index (χ1v) is 4.99. The van der Waals surface area contributed by atoms with Crippen molar-refractivity contribution in [3.8, 4) is 0 Å². The van der Waals surface area contributed by atoms with Gasteiger partial charge in [-0.2, -0.15) is 0 Å². The van der Waals surface area contributed by atoms with Gasteiger partial charge in [-0.3, -0.25) is 4.98 Å². The highest BCUT2D eigenvalue weighted by Gasteiger charge is 2.13. The quantitative estimate of drug-likeness (QED) is 0.817. The van der Waals surface area contributed by atoms with Crippen LogP contribution in [0.15, 0.2) is 36.9 Å². The van der Waals surface area contributed by atoms with Crippen molar-refractivity contribution in [1.29, 1.82) is 0 Å². The van der Waals surface area contributed by atoms with Crippen LogP contribution in [0.5, 0.6) is 0 Å². The summed E-state index contributed by atoms with van der Waals surface area (Å²) in [4.78, 5) is 8.25. The molecule has 0 bridgehead atoms. The van der Waals surface area contributed by atoms with Crippen molar-refractivity contribution in [3.63, 3.8) is 0 Å². The number of nitrogens with zero attached hydrogens (tertiary/aromatic N) is 3. The second-order valence-corrected chi connectivity index (χ2v) is 3.33. The van der Waals surface area contributed by atoms with Crippen molar-refractivity contribution in [2.45, 2.75) is 19.5 Å². The van der Waals surface area contributed by atoms with Crippen LogP contribution in [0.4, 0.5) is 0 Å². The minimum absolute atomic E-state index is 0.178. The van der Waals surface area contributed by atoms with E-state index in [4.69, 9.17) is 5.73 Å². The molecule has 0 saturated heterocycles. The topological polar surface area (TPSA) is 56.7 Å². The Bertz CT molecular complexity index is 421. The van der Waals surface area contributed by atoms with Gasteiger partial charge in [-0.1, -0.05) is 0 Å². The van der Waals surface area contributed by atoms with Crippen LogP contribution < -0.4 is 5.73 Å². The minimum Gasteiger partial charge on any atom is -0.334 e. The zero-order chi connectivity index (χ0) is 10.7. The highest BCUT2D eigenvalue weighted by Crippen LogP contribution is 2.16. The third-order valence-electron chi connectivity index (χ3n) is 2.43. The summed E-state index contributed by atoms with van der Waals surface area (Å²) in [6, 6.07) is 3.65. The van der Waals surface area contributed by atoms with Crippen LogP contribution in [0.2, 0.25) is 0 Å². The largest absolute Gasteiger partial charge is 0.334 e. The molecule has 1 unspecified atom stereocenters. The molecule has 2 heterocycles. The fourth-order valence-corrected chi connectivity index (χ4v) is 1.59. The van der Waals surface area contributed by atoms with Gasteiger partial charge >= 0.3 is 0 Å². The van der Waals surface area contributed by atoms with Gasteiger partial charge in [0.15, 0.2) is 0 Å². The second-order valence-electron chi connectivity index (χ2n) is 3.33. The summed E-state index contributed by atoms with van der Waals surface area (Å²) in [5, 5.41) is 0. The van der Waals surface area contributed by atoms with E-state index in [-0.39, 0.29) is 6.04 Å². The molecular weight excluding hydrogens is 188 g/mol. The lowest BCUT2D eigenvalue weighted by molar-refractivity contribution is 0.656. The molecule has 4 nitrogen and oxygen atoms in total. The summed E-state index contributed by atoms with van der Waals surface area (Å²) in [6.07, 6.45) is 7.21. The van der Waals surface area contributed by atoms with Gasteiger partial charge in [-0.05, 0) is 24.6 Å². The van der Waals surface area contributed by atoms with Crippen LogP contribution in [0, 0.1) is 0 Å². The Morgan fingerprint density at radius 1 is 1.33 bits per heavy atom. The van der Waals surface area contributed by atoms with Gasteiger partial charge in [0.05, 0.1) is 6.04 Å². The zero-order valence-corrected chi connectivity index (χ0v) is 8.67. The minimum atomic E-state index is -0.178. The normalized spacial score (nSPS) is 12.7. The van der Waals surface area contributed by atoms with Crippen molar-refractivity contribution in [2.24, 2.45) is 5.73 Å². The maximum Gasteiger partial charge on any atom is 0.130 e. The standard InChI is InChI=1S/C11H14N4/c1-2-15-8-7-14-11(15)10(12)9-3-5-13-6-4-9/h3-8,10H,2,12H2,1H3. The number of aromatic nitrogens is 3. The first kappa shape index (κ1) is 9.86. The van der Waals surface area contributed by atoms with Crippen molar-refractivity contribution >= 4 is 0 Å². The van der Waals surface area contributed by atoms with Crippen LogP contribution >= 0.6 is 0 Å². The molecule has 0 fully saturated rings. The van der Waals surface area contributed by atoms with E-state index in [0.717, 1.165) is 17.9 Å². The van der Waals surface area contributed by atoms with Gasteiger partial charge in [0.1, 0.15) is 5.82 Å². The summed E-state index contributed by atoms with van der Waals surface area (Å²) in [6.45, 7) is 2.96. The fraction of sp³-hybridized carbons (Fsp3) is 0.273. The van der Waals surface area contributed by atoms with E-state index in [2.05, 4.69) is 16.9 Å². The van der Waals surface area contributed by atoms with E-state index >= 15 is 0 Å². The third kappa shape index (κ3) is 1.89. The Morgan fingerprint density at radius 3 is 2.73 bits per heavy atom. The summed E-state index contributed by atoms with van der Waals surface area (Å²) in [5.74, 6) is 0.892. The predicted molar refractivity (Wildman–Crippen MR) is 58.2 cm³/mol. The van der Waals surface area contributed by atoms with E-state index in [1.165, 1.54) is 0 Å². The van der Waals surface area contributed by atoms with E-state index in [1.807, 2.05) is 22.9 Å². The van der Waals surface area contributed by atoms with Crippen LogP contribution in [0.1, 0.15) is 24.4 Å². The SMILES string of the molecule is CCn1ccnc1C(N)c1ccncc1. The van der Waals surface area contributed by atoms with Gasteiger partial charge < -0.3 is 10.3 Å². The Kier molecular flexibility index (Phi) is 2.78. The van der Waals surface area contributed by atoms with Crippen LogP contribution in [0.25, 0.3) is 0 Å². The van der Waals surface area contributed by atoms with Crippen molar-refractivity contribution in [2.75, 3.05) is 0 Å². The third-order valence-corrected chi connectivity index (χ3v) is 2.43. The predicted octanol–water partition coefficient (Wildman–Crippen LogP) is 1.35. The fourth-order valence-electron chi connectivity index (χ4n) is 1.59. The van der Waals surface area contributed by atoms with Crippen LogP contribution in [-0.4, -0.2) is 14.5 Å². The molecule has 0 aliphatic heterocycles. The molecule has 1 atom stereocenters. The maximum absolute atomic E-state index is 6.13. The van der Waals surface area contributed by atoms with Gasteiger partial charge in [0.25, 0.3) is 0 Å². The van der Waals surface area contributed by atoms with E-state index in [0.29, 0.717) is 0 Å². The molecule has 0 aromatic carbocycles. The lowest BCUT2D eigenvalue weighted by Gasteiger charge is -2.12. The highest BCUT2D eigenvalue weighted by molar-refractivity contribution is 5.22. The molecule has 0 amide bonds. The number of hydrogen-bond acceptors (Lipinski definition) is 3. The monoisotopic (exact) mass is 202 g/mol. The molecule has 2 rings (SSSR count). The van der Waals surface area contributed by atoms with Crippen molar-refractivity contribution in [1.82, 2.24) is 14.5 Å². The Labute approximate surface area is 88.8 Å². The molecule has 0 spiro atoms. The molecule has 0 aliphatic rings. The Morgan fingerprint density at radius 2 is 2.07 bits per heavy atom. The molecule has 0 radical (unpaired) electrons. The van der Waals surface area contributed by atoms with Gasteiger partial charge in [0, 0.05) is 31.3 Å². The molecule has 78 valence electrons. The molecule has 15 heavy (non-hydrogen) atoms. The van der Waals surface area contributed by atoms with Crippen molar-refractivity contribution in [3.05, 3.63) is 48.3 Å². The van der Waals surface area contributed by atoms with E-state index in [9.17, 15) is 0 Å². The average molecular weight is 202 g/mol. The first-order valence-electron chi connectivity index (χ1n) is 4.99. The molecule has 0 aliphatic carbocycles. The van der Waals surface area contributed by atoms with E-state index < -0.39 is 0 Å². The summed E-state index contributed by atoms with van der Waals surface area (Å²) in [7, 11) is 0. The number of rotatable bonds is 3. The first-order chi connectivity index (χ1) is 7.33. The van der Waals surface area contributed by atoms with Gasteiger partial charge in [-0.25, -0.2) is 4.98 Å². The molecule has 4 heteroatoms. The number of aryl methyl sites for hydroxylation is 1. The van der Waals surface area contributed by atoms with Crippen LogP contribution in [-0.2, 0) is 6.54 Å². The molecule has 2 aromatic rings. The summed E-state index contributed by atoms with van der Waals surface area (Å²) >= 11 is 0. The Hall–Kier alpha value is -1.68. The Balaban J connectivity index is 2.32. The van der Waals surface area contributed by atoms with Gasteiger partial charge in [-0.15, -0.1) is 0 Å². The maximum atomic E-state index is 6.13. The molecule has 2 aromatic heterocycles. The highest BCUT2D eigenvalue weighted by atomic mass is 15.1. The van der Waals surface area contributed by atoms with Crippen molar-refractivity contribution < 1.29 is 0 Å². The number of pyridine rings is 1. The van der Waals surface area contributed by atoms with Gasteiger partial charge in [0.2, 0.25) is 0 Å². The molecule has 2 N–H and O–H groups in total. The summed E-state index contributed by atoms with van der Waals surface area (Å²) in [5.41, 5.74) is 7.16. The smallest absolute Gasteiger partial charge is 0.130 e. The lowest BCUT2D eigenvalue weighted by Crippen LogP contribution is -2.17. The zero-order valence-electron chi connectivity index (χ0n) is 8.67. The van der Waals surface area contributed by atoms with E-state index in [1.54, 1.807) is 18.6 Å². The average Bonchev–Trinajstić information content (AvgIpc) is 2.77.